The molecule has 2 rings (SSSR count). The van der Waals surface area contributed by atoms with Crippen LogP contribution < -0.4 is 4.74 Å². The van der Waals surface area contributed by atoms with E-state index in [0.29, 0.717) is 5.75 Å². The van der Waals surface area contributed by atoms with Crippen LogP contribution in [0, 0.1) is 5.82 Å². The van der Waals surface area contributed by atoms with E-state index in [9.17, 15) is 4.39 Å². The Hall–Kier alpha value is -0.980. The summed E-state index contributed by atoms with van der Waals surface area (Å²) in [5, 5.41) is -0.164. The lowest BCUT2D eigenvalue weighted by molar-refractivity contribution is 0.437. The van der Waals surface area contributed by atoms with Crippen molar-refractivity contribution in [2.45, 2.75) is 0 Å². The van der Waals surface area contributed by atoms with Gasteiger partial charge in [-0.2, -0.15) is 15.0 Å². The Morgan fingerprint density at radius 2 is 1.76 bits per heavy atom. The first-order valence-electron chi connectivity index (χ1n) is 4.24. The fourth-order valence-electron chi connectivity index (χ4n) is 1.00. The van der Waals surface area contributed by atoms with E-state index >= 15 is 0 Å². The Bertz CT molecular complexity index is 550. The van der Waals surface area contributed by atoms with Crippen LogP contribution in [0.4, 0.5) is 4.39 Å². The van der Waals surface area contributed by atoms with Crippen LogP contribution in [0.25, 0.3) is 0 Å². The van der Waals surface area contributed by atoms with Crippen molar-refractivity contribution in [1.82, 2.24) is 15.0 Å². The summed E-state index contributed by atoms with van der Waals surface area (Å²) in [6, 6.07) is 4.03. The van der Waals surface area contributed by atoms with Gasteiger partial charge in [0.15, 0.2) is 0 Å². The molecule has 0 amide bonds. The highest BCUT2D eigenvalue weighted by Crippen LogP contribution is 2.25. The first kappa shape index (κ1) is 12.5. The van der Waals surface area contributed by atoms with Crippen LogP contribution in [-0.4, -0.2) is 15.0 Å². The quantitative estimate of drug-likeness (QED) is 0.833. The zero-order valence-corrected chi connectivity index (χ0v) is 11.1. The minimum absolute atomic E-state index is 0.0616. The molecule has 0 bridgehead atoms. The molecule has 0 atom stereocenters. The summed E-state index contributed by atoms with van der Waals surface area (Å²) < 4.78 is 18.5. The minimum Gasteiger partial charge on any atom is -0.424 e. The highest BCUT2D eigenvalue weighted by atomic mass is 79.9. The molecular weight excluding hydrogens is 336 g/mol. The maximum absolute atomic E-state index is 13.0. The first-order valence-corrected chi connectivity index (χ1v) is 5.79. The molecule has 17 heavy (non-hydrogen) atoms. The molecule has 0 fully saturated rings. The lowest BCUT2D eigenvalue weighted by Gasteiger charge is -2.04. The van der Waals surface area contributed by atoms with E-state index in [1.165, 1.54) is 18.2 Å². The van der Waals surface area contributed by atoms with Crippen LogP contribution >= 0.6 is 39.1 Å². The van der Waals surface area contributed by atoms with Gasteiger partial charge in [0, 0.05) is 0 Å². The summed E-state index contributed by atoms with van der Waals surface area (Å²) in [5.74, 6) is -0.0549. The lowest BCUT2D eigenvalue weighted by atomic mass is 10.3. The van der Waals surface area contributed by atoms with Gasteiger partial charge in [0.25, 0.3) is 0 Å². The van der Waals surface area contributed by atoms with Crippen molar-refractivity contribution in [3.8, 4) is 11.8 Å². The largest absolute Gasteiger partial charge is 0.424 e. The predicted octanol–water partition coefficient (Wildman–Crippen LogP) is 3.87. The summed E-state index contributed by atoms with van der Waals surface area (Å²) in [5.41, 5.74) is 0. The Morgan fingerprint density at radius 1 is 1.12 bits per heavy atom. The third-order valence-electron chi connectivity index (χ3n) is 1.66. The van der Waals surface area contributed by atoms with Crippen LogP contribution in [0.3, 0.4) is 0 Å². The van der Waals surface area contributed by atoms with Crippen molar-refractivity contribution in [1.29, 1.82) is 0 Å². The molecule has 0 aliphatic carbocycles. The Morgan fingerprint density at radius 3 is 2.35 bits per heavy atom. The summed E-state index contributed by atoms with van der Waals surface area (Å²) in [4.78, 5) is 11.0. The molecule has 88 valence electrons. The number of halogens is 4. The van der Waals surface area contributed by atoms with E-state index < -0.39 is 5.82 Å². The summed E-state index contributed by atoms with van der Waals surface area (Å²) in [6.07, 6.45) is 0. The van der Waals surface area contributed by atoms with Crippen LogP contribution in [0.2, 0.25) is 10.6 Å². The van der Waals surface area contributed by atoms with Crippen molar-refractivity contribution >= 4 is 39.1 Å². The SMILES string of the molecule is Fc1ccc(Oc2nc(Cl)nc(Cl)n2)cc1Br. The van der Waals surface area contributed by atoms with Gasteiger partial charge in [-0.15, -0.1) is 0 Å². The van der Waals surface area contributed by atoms with Gasteiger partial charge in [-0.05, 0) is 57.3 Å². The summed E-state index contributed by atoms with van der Waals surface area (Å²) in [7, 11) is 0. The molecule has 8 heteroatoms. The molecule has 4 nitrogen and oxygen atoms in total. The molecule has 0 aliphatic heterocycles. The third-order valence-corrected chi connectivity index (χ3v) is 2.61. The normalized spacial score (nSPS) is 10.4. The molecule has 0 unspecified atom stereocenters. The number of hydrogen-bond donors (Lipinski definition) is 0. The Labute approximate surface area is 114 Å². The topological polar surface area (TPSA) is 47.9 Å². The van der Waals surface area contributed by atoms with Crippen molar-refractivity contribution in [3.05, 3.63) is 39.1 Å². The van der Waals surface area contributed by atoms with E-state index in [2.05, 4.69) is 30.9 Å². The maximum atomic E-state index is 13.0. The molecule has 0 N–H and O–H groups in total. The standard InChI is InChI=1S/C9H3BrCl2FN3O/c10-5-3-4(1-2-6(5)13)17-9-15-7(11)14-8(12)16-9/h1-3H. The Balaban J connectivity index is 2.28. The fourth-order valence-corrected chi connectivity index (χ4v) is 1.71. The van der Waals surface area contributed by atoms with Crippen molar-refractivity contribution in [3.63, 3.8) is 0 Å². The minimum atomic E-state index is -0.399. The number of aromatic nitrogens is 3. The fraction of sp³-hybridized carbons (Fsp3) is 0. The molecule has 0 spiro atoms. The smallest absolute Gasteiger partial charge is 0.327 e. The molecule has 1 aromatic carbocycles. The van der Waals surface area contributed by atoms with E-state index in [1.807, 2.05) is 0 Å². The van der Waals surface area contributed by atoms with Gasteiger partial charge in [-0.1, -0.05) is 0 Å². The Kier molecular flexibility index (Phi) is 3.76. The third kappa shape index (κ3) is 3.24. The lowest BCUT2D eigenvalue weighted by Crippen LogP contribution is -1.95. The van der Waals surface area contributed by atoms with Crippen molar-refractivity contribution in [2.75, 3.05) is 0 Å². The van der Waals surface area contributed by atoms with Crippen LogP contribution in [-0.2, 0) is 0 Å². The van der Waals surface area contributed by atoms with E-state index in [1.54, 1.807) is 0 Å². The number of rotatable bonds is 2. The van der Waals surface area contributed by atoms with E-state index in [4.69, 9.17) is 27.9 Å². The van der Waals surface area contributed by atoms with Crippen molar-refractivity contribution in [2.24, 2.45) is 0 Å². The molecule has 0 saturated heterocycles. The van der Waals surface area contributed by atoms with E-state index in [0.717, 1.165) is 0 Å². The number of benzene rings is 1. The summed E-state index contributed by atoms with van der Waals surface area (Å²) >= 11 is 14.2. The number of ether oxygens (including phenoxy) is 1. The maximum Gasteiger partial charge on any atom is 0.327 e. The van der Waals surface area contributed by atoms with Gasteiger partial charge in [0.1, 0.15) is 11.6 Å². The molecule has 2 aromatic rings. The second-order valence-electron chi connectivity index (χ2n) is 2.83. The van der Waals surface area contributed by atoms with Gasteiger partial charge in [-0.3, -0.25) is 0 Å². The molecule has 1 heterocycles. The molecule has 0 aliphatic rings. The van der Waals surface area contributed by atoms with Crippen LogP contribution in [0.5, 0.6) is 11.8 Å². The highest BCUT2D eigenvalue weighted by molar-refractivity contribution is 9.10. The second kappa shape index (κ2) is 5.12. The molecule has 0 radical (unpaired) electrons. The van der Waals surface area contributed by atoms with E-state index in [-0.39, 0.29) is 21.1 Å². The molecule has 1 aromatic heterocycles. The van der Waals surface area contributed by atoms with Gasteiger partial charge in [0.2, 0.25) is 10.6 Å². The van der Waals surface area contributed by atoms with Crippen LogP contribution in [0.15, 0.2) is 22.7 Å². The zero-order valence-electron chi connectivity index (χ0n) is 7.99. The zero-order chi connectivity index (χ0) is 12.4. The van der Waals surface area contributed by atoms with Crippen molar-refractivity contribution < 1.29 is 9.13 Å². The van der Waals surface area contributed by atoms with Gasteiger partial charge < -0.3 is 4.74 Å². The first-order chi connectivity index (χ1) is 8.04. The second-order valence-corrected chi connectivity index (χ2v) is 4.36. The summed E-state index contributed by atoms with van der Waals surface area (Å²) in [6.45, 7) is 0. The molecular formula is C9H3BrCl2FN3O. The highest BCUT2D eigenvalue weighted by Gasteiger charge is 2.07. The monoisotopic (exact) mass is 337 g/mol. The van der Waals surface area contributed by atoms with Gasteiger partial charge in [-0.25, -0.2) is 4.39 Å². The van der Waals surface area contributed by atoms with Gasteiger partial charge in [0.05, 0.1) is 4.47 Å². The number of hydrogen-bond acceptors (Lipinski definition) is 4. The van der Waals surface area contributed by atoms with Gasteiger partial charge >= 0.3 is 6.01 Å². The molecule has 0 saturated carbocycles. The predicted molar refractivity (Wildman–Crippen MR) is 64.0 cm³/mol. The average molecular weight is 339 g/mol. The van der Waals surface area contributed by atoms with Crippen LogP contribution in [0.1, 0.15) is 0 Å². The average Bonchev–Trinajstić information content (AvgIpc) is 2.22. The number of nitrogens with zero attached hydrogens (tertiary/aromatic N) is 3.